The maximum atomic E-state index is 14.8. The van der Waals surface area contributed by atoms with Crippen LogP contribution in [0, 0.1) is 5.82 Å². The fourth-order valence-corrected chi connectivity index (χ4v) is 4.55. The number of piperidine rings is 1. The van der Waals surface area contributed by atoms with Gasteiger partial charge in [-0.05, 0) is 37.1 Å². The highest BCUT2D eigenvalue weighted by molar-refractivity contribution is 5.90. The lowest BCUT2D eigenvalue weighted by Crippen LogP contribution is -2.37. The van der Waals surface area contributed by atoms with Crippen LogP contribution in [0.2, 0.25) is 0 Å². The van der Waals surface area contributed by atoms with Crippen LogP contribution in [-0.2, 0) is 16.1 Å². The average molecular weight is 482 g/mol. The molecule has 8 nitrogen and oxygen atoms in total. The van der Waals surface area contributed by atoms with E-state index in [1.807, 2.05) is 24.3 Å². The third-order valence-corrected chi connectivity index (χ3v) is 6.36. The number of hydrogen-bond acceptors (Lipinski definition) is 6. The van der Waals surface area contributed by atoms with Crippen molar-refractivity contribution in [2.24, 2.45) is 0 Å². The number of cyclic esters (lactones) is 1. The molecule has 0 aliphatic carbocycles. The molecular formula is C26H28FN3O5. The van der Waals surface area contributed by atoms with Crippen LogP contribution in [-0.4, -0.2) is 55.3 Å². The Hall–Kier alpha value is -3.59. The smallest absolute Gasteiger partial charge is 0.414 e. The normalized spacial score (nSPS) is 19.2. The number of halogens is 1. The minimum Gasteiger partial charge on any atom is -0.487 e. The first-order valence-corrected chi connectivity index (χ1v) is 11.8. The maximum Gasteiger partial charge on any atom is 0.414 e. The molecule has 3 aromatic rings. The lowest BCUT2D eigenvalue weighted by Gasteiger charge is -2.31. The van der Waals surface area contributed by atoms with E-state index in [-0.39, 0.29) is 30.9 Å². The molecule has 0 spiro atoms. The molecule has 9 heteroatoms. The molecule has 1 atom stereocenters. The number of ether oxygens (including phenoxy) is 2. The van der Waals surface area contributed by atoms with Crippen LogP contribution in [0.15, 0.2) is 52.9 Å². The zero-order valence-corrected chi connectivity index (χ0v) is 19.5. The molecule has 0 saturated carbocycles. The lowest BCUT2D eigenvalue weighted by molar-refractivity contribution is -0.119. The number of amides is 2. The van der Waals surface area contributed by atoms with Crippen molar-refractivity contribution < 1.29 is 27.9 Å². The van der Waals surface area contributed by atoms with Crippen LogP contribution in [0.1, 0.15) is 25.5 Å². The molecule has 2 aliphatic heterocycles. The average Bonchev–Trinajstić information content (AvgIpc) is 3.42. The number of carbonyl (C=O) groups is 2. The Kier molecular flexibility index (Phi) is 6.59. The van der Waals surface area contributed by atoms with Gasteiger partial charge >= 0.3 is 6.09 Å². The summed E-state index contributed by atoms with van der Waals surface area (Å²) in [4.78, 5) is 26.9. The molecule has 2 fully saturated rings. The maximum absolute atomic E-state index is 14.8. The van der Waals surface area contributed by atoms with E-state index in [0.717, 1.165) is 49.2 Å². The van der Waals surface area contributed by atoms with E-state index in [1.165, 1.54) is 17.9 Å². The summed E-state index contributed by atoms with van der Waals surface area (Å²) >= 11 is 0. The second-order valence-electron chi connectivity index (χ2n) is 9.01. The van der Waals surface area contributed by atoms with Gasteiger partial charge in [0.25, 0.3) is 0 Å². The van der Waals surface area contributed by atoms with Gasteiger partial charge in [0.2, 0.25) is 5.91 Å². The van der Waals surface area contributed by atoms with Crippen LogP contribution in [0.25, 0.3) is 11.0 Å². The lowest BCUT2D eigenvalue weighted by atomic mass is 10.1. The highest BCUT2D eigenvalue weighted by Crippen LogP contribution is 2.29. The van der Waals surface area contributed by atoms with Crippen molar-refractivity contribution in [2.45, 2.75) is 38.5 Å². The fourth-order valence-electron chi connectivity index (χ4n) is 4.55. The van der Waals surface area contributed by atoms with Crippen molar-refractivity contribution in [2.75, 3.05) is 31.1 Å². The molecule has 1 N–H and O–H groups in total. The minimum atomic E-state index is -0.565. The van der Waals surface area contributed by atoms with Gasteiger partial charge in [-0.25, -0.2) is 9.18 Å². The van der Waals surface area contributed by atoms with Crippen LogP contribution in [0.4, 0.5) is 14.9 Å². The summed E-state index contributed by atoms with van der Waals surface area (Å²) in [7, 11) is 0. The van der Waals surface area contributed by atoms with Gasteiger partial charge in [-0.1, -0.05) is 18.2 Å². The molecule has 184 valence electrons. The summed E-state index contributed by atoms with van der Waals surface area (Å²) in [5.74, 6) is 0.386. The van der Waals surface area contributed by atoms with Crippen molar-refractivity contribution in [3.8, 4) is 5.75 Å². The topological polar surface area (TPSA) is 84.3 Å². The predicted molar refractivity (Wildman–Crippen MR) is 128 cm³/mol. The van der Waals surface area contributed by atoms with E-state index < -0.39 is 18.0 Å². The molecule has 0 bridgehead atoms. The molecule has 2 amide bonds. The van der Waals surface area contributed by atoms with E-state index in [9.17, 15) is 14.0 Å². The number of benzene rings is 2. The molecule has 0 radical (unpaired) electrons. The summed E-state index contributed by atoms with van der Waals surface area (Å²) in [5, 5.41) is 3.72. The van der Waals surface area contributed by atoms with Crippen molar-refractivity contribution in [3.63, 3.8) is 0 Å². The highest BCUT2D eigenvalue weighted by atomic mass is 19.1. The Morgan fingerprint density at radius 1 is 1.17 bits per heavy atom. The highest BCUT2D eigenvalue weighted by Gasteiger charge is 2.33. The quantitative estimate of drug-likeness (QED) is 0.548. The second kappa shape index (κ2) is 9.95. The number of para-hydroxylation sites is 1. The van der Waals surface area contributed by atoms with Crippen LogP contribution in [0.3, 0.4) is 0 Å². The van der Waals surface area contributed by atoms with Gasteiger partial charge in [0.1, 0.15) is 23.6 Å². The third kappa shape index (κ3) is 5.40. The van der Waals surface area contributed by atoms with E-state index in [0.29, 0.717) is 5.69 Å². The number of nitrogens with zero attached hydrogens (tertiary/aromatic N) is 2. The zero-order chi connectivity index (χ0) is 24.4. The number of hydrogen-bond donors (Lipinski definition) is 1. The van der Waals surface area contributed by atoms with Crippen molar-refractivity contribution in [1.82, 2.24) is 10.2 Å². The van der Waals surface area contributed by atoms with Gasteiger partial charge < -0.3 is 19.2 Å². The Balaban J connectivity index is 1.13. The number of rotatable bonds is 7. The predicted octanol–water partition coefficient (Wildman–Crippen LogP) is 4.08. The molecule has 35 heavy (non-hydrogen) atoms. The molecule has 1 aromatic heterocycles. The number of fused-ring (bicyclic) bond motifs is 1. The molecule has 0 unspecified atom stereocenters. The SMILES string of the molecule is CC(=O)NC[C@H]1CN(c2ccc(OC3CCN(Cc4cc5ccccc5o4)CC3)c(F)c2)C(=O)O1. The van der Waals surface area contributed by atoms with Crippen LogP contribution < -0.4 is 15.0 Å². The van der Waals surface area contributed by atoms with Crippen molar-refractivity contribution in [1.29, 1.82) is 0 Å². The summed E-state index contributed by atoms with van der Waals surface area (Å²) in [6.07, 6.45) is 0.441. The Morgan fingerprint density at radius 3 is 2.71 bits per heavy atom. The summed E-state index contributed by atoms with van der Waals surface area (Å²) in [6, 6.07) is 14.5. The summed E-state index contributed by atoms with van der Waals surface area (Å²) < 4.78 is 31.9. The Morgan fingerprint density at radius 2 is 1.97 bits per heavy atom. The first kappa shape index (κ1) is 23.2. The second-order valence-corrected chi connectivity index (χ2v) is 9.01. The van der Waals surface area contributed by atoms with E-state index in [2.05, 4.69) is 16.3 Å². The molecule has 2 aromatic carbocycles. The van der Waals surface area contributed by atoms with Gasteiger partial charge in [0.05, 0.1) is 25.3 Å². The zero-order valence-electron chi connectivity index (χ0n) is 19.5. The van der Waals surface area contributed by atoms with Gasteiger partial charge in [0.15, 0.2) is 11.6 Å². The Labute approximate surface area is 202 Å². The molecule has 5 rings (SSSR count). The first-order chi connectivity index (χ1) is 16.9. The van der Waals surface area contributed by atoms with Gasteiger partial charge in [-0.2, -0.15) is 0 Å². The van der Waals surface area contributed by atoms with E-state index >= 15 is 0 Å². The van der Waals surface area contributed by atoms with Gasteiger partial charge in [0, 0.05) is 31.5 Å². The Bertz CT molecular complexity index is 1190. The van der Waals surface area contributed by atoms with Crippen LogP contribution >= 0.6 is 0 Å². The number of furan rings is 1. The van der Waals surface area contributed by atoms with Crippen LogP contribution in [0.5, 0.6) is 5.75 Å². The van der Waals surface area contributed by atoms with Crippen molar-refractivity contribution >= 4 is 28.7 Å². The molecular weight excluding hydrogens is 453 g/mol. The van der Waals surface area contributed by atoms with E-state index in [1.54, 1.807) is 12.1 Å². The molecule has 2 aliphatic rings. The number of carbonyl (C=O) groups excluding carboxylic acids is 2. The first-order valence-electron chi connectivity index (χ1n) is 11.8. The summed E-state index contributed by atoms with van der Waals surface area (Å²) in [6.45, 7) is 4.25. The number of likely N-dealkylation sites (tertiary alicyclic amines) is 1. The molecule has 3 heterocycles. The minimum absolute atomic E-state index is 0.0824. The third-order valence-electron chi connectivity index (χ3n) is 6.36. The van der Waals surface area contributed by atoms with Gasteiger partial charge in [-0.15, -0.1) is 0 Å². The molecule has 2 saturated heterocycles. The monoisotopic (exact) mass is 481 g/mol. The van der Waals surface area contributed by atoms with Gasteiger partial charge in [-0.3, -0.25) is 14.6 Å². The largest absolute Gasteiger partial charge is 0.487 e. The standard InChI is InChI=1S/C26H28FN3O5/c1-17(31)28-14-22-16-30(26(32)35-22)19-6-7-25(23(27)13-19)33-20-8-10-29(11-9-20)15-21-12-18-4-2-3-5-24(18)34-21/h2-7,12-13,20,22H,8-11,14-16H2,1H3,(H,28,31)/t22-/m0/s1. The fraction of sp³-hybridized carbons (Fsp3) is 0.385. The number of anilines is 1. The summed E-state index contributed by atoms with van der Waals surface area (Å²) in [5.41, 5.74) is 1.29. The number of nitrogens with one attached hydrogen (secondary N) is 1. The van der Waals surface area contributed by atoms with Crippen molar-refractivity contribution in [3.05, 3.63) is 60.1 Å². The van der Waals surface area contributed by atoms with E-state index in [4.69, 9.17) is 13.9 Å².